The summed E-state index contributed by atoms with van der Waals surface area (Å²) in [4.78, 5) is 48.2. The fourth-order valence-electron chi connectivity index (χ4n) is 15.3. The third kappa shape index (κ3) is 12.6. The molecule has 0 aliphatic carbocycles. The Labute approximate surface area is 646 Å². The molecule has 0 unspecified atom stereocenters. The second-order valence-electron chi connectivity index (χ2n) is 27.5. The topological polar surface area (TPSA) is 119 Å². The predicted molar refractivity (Wildman–Crippen MR) is 456 cm³/mol. The van der Waals surface area contributed by atoms with E-state index in [1.54, 1.807) is 0 Å². The number of hydrogen-bond acceptors (Lipinski definition) is 10. The molecule has 0 saturated carbocycles. The van der Waals surface area contributed by atoms with Crippen molar-refractivity contribution in [3.05, 3.63) is 400 Å². The van der Waals surface area contributed by atoms with Crippen molar-refractivity contribution in [3.8, 4) is 114 Å². The minimum absolute atomic E-state index is 0.370. The Kier molecular flexibility index (Phi) is 16.9. The number of anilines is 6. The maximum Gasteiger partial charge on any atom is 0.201 e. The van der Waals surface area contributed by atoms with Gasteiger partial charge in [0.15, 0.2) is 17.5 Å². The summed E-state index contributed by atoms with van der Waals surface area (Å²) in [5.74, 6) is 2.86. The largest absolute Gasteiger partial charge is 0.310 e. The van der Waals surface area contributed by atoms with Gasteiger partial charge in [-0.1, -0.05) is 267 Å². The average Bonchev–Trinajstić information content (AvgIpc) is 1.58. The summed E-state index contributed by atoms with van der Waals surface area (Å²) in [5, 5.41) is 4.35. The fraction of sp³-hybridized carbons (Fsp3) is 0. The average molecular weight is 1440 g/mol. The molecule has 14 aromatic carbocycles. The van der Waals surface area contributed by atoms with E-state index in [4.69, 9.17) is 39.9 Å². The van der Waals surface area contributed by atoms with Gasteiger partial charge in [0.2, 0.25) is 5.82 Å². The first-order valence-corrected chi connectivity index (χ1v) is 37.4. The van der Waals surface area contributed by atoms with Gasteiger partial charge in [-0.15, -0.1) is 0 Å². The molecule has 0 fully saturated rings. The van der Waals surface area contributed by atoms with Crippen LogP contribution in [0.2, 0.25) is 0 Å². The van der Waals surface area contributed by atoms with Crippen molar-refractivity contribution in [3.63, 3.8) is 0 Å². The first kappa shape index (κ1) is 66.1. The Hall–Kier alpha value is -15.4. The maximum atomic E-state index is 5.56. The zero-order valence-electron chi connectivity index (χ0n) is 60.5. The lowest BCUT2D eigenvalue weighted by atomic mass is 9.99. The highest BCUT2D eigenvalue weighted by atomic mass is 15.2. The van der Waals surface area contributed by atoms with Gasteiger partial charge in [-0.2, -0.15) is 0 Å². The maximum absolute atomic E-state index is 5.56. The molecular weight excluding hydrogens is 1370 g/mol. The molecule has 526 valence electrons. The minimum Gasteiger partial charge on any atom is -0.310 e. The highest BCUT2D eigenvalue weighted by molar-refractivity contribution is 6.11. The van der Waals surface area contributed by atoms with E-state index in [0.29, 0.717) is 52.0 Å². The second-order valence-corrected chi connectivity index (χ2v) is 27.5. The molecule has 20 aromatic rings. The number of fused-ring (bicyclic) bond motifs is 6. The summed E-state index contributed by atoms with van der Waals surface area (Å²) < 4.78 is 4.49. The van der Waals surface area contributed by atoms with E-state index in [2.05, 4.69) is 334 Å². The normalized spacial score (nSPS) is 11.4. The zero-order chi connectivity index (χ0) is 74.3. The van der Waals surface area contributed by atoms with Gasteiger partial charge in [-0.05, 0) is 139 Å². The molecule has 20 rings (SSSR count). The van der Waals surface area contributed by atoms with E-state index in [9.17, 15) is 0 Å². The van der Waals surface area contributed by atoms with Crippen LogP contribution in [0.15, 0.2) is 400 Å². The van der Waals surface area contributed by atoms with Crippen molar-refractivity contribution in [1.29, 1.82) is 0 Å². The van der Waals surface area contributed by atoms with Gasteiger partial charge in [0.25, 0.3) is 0 Å². The second kappa shape index (κ2) is 28.7. The fourth-order valence-corrected chi connectivity index (χ4v) is 15.3. The molecule has 0 spiro atoms. The zero-order valence-corrected chi connectivity index (χ0v) is 60.5. The molecule has 12 nitrogen and oxygen atoms in total. The number of nitrogens with zero attached hydrogens (tertiary/aromatic N) is 12. The van der Waals surface area contributed by atoms with Crippen molar-refractivity contribution in [2.75, 3.05) is 9.80 Å². The quantitative estimate of drug-likeness (QED) is 0.0872. The molecule has 0 saturated heterocycles. The van der Waals surface area contributed by atoms with Gasteiger partial charge >= 0.3 is 0 Å². The van der Waals surface area contributed by atoms with Crippen LogP contribution >= 0.6 is 0 Å². The van der Waals surface area contributed by atoms with Crippen LogP contribution < -0.4 is 9.80 Å². The summed E-state index contributed by atoms with van der Waals surface area (Å²) in [5.41, 5.74) is 21.9. The van der Waals surface area contributed by atoms with Crippen LogP contribution in [-0.4, -0.2) is 49.0 Å². The van der Waals surface area contributed by atoms with Crippen LogP contribution in [0.3, 0.4) is 0 Å². The molecule has 0 aliphatic heterocycles. The van der Waals surface area contributed by atoms with Crippen molar-refractivity contribution >= 4 is 77.7 Å². The Morgan fingerprint density at radius 3 is 0.795 bits per heavy atom. The third-order valence-corrected chi connectivity index (χ3v) is 20.5. The first-order chi connectivity index (χ1) is 55.5. The van der Waals surface area contributed by atoms with Crippen LogP contribution in [0.5, 0.6) is 0 Å². The van der Waals surface area contributed by atoms with Gasteiger partial charge < -0.3 is 9.80 Å². The van der Waals surface area contributed by atoms with Gasteiger partial charge in [0, 0.05) is 95.1 Å². The van der Waals surface area contributed by atoms with Crippen LogP contribution in [0, 0.1) is 0 Å². The molecule has 0 aliphatic rings. The Morgan fingerprint density at radius 1 is 0.161 bits per heavy atom. The molecule has 0 atom stereocenters. The predicted octanol–water partition coefficient (Wildman–Crippen LogP) is 25.0. The number of para-hydroxylation sites is 7. The van der Waals surface area contributed by atoms with E-state index < -0.39 is 0 Å². The first-order valence-electron chi connectivity index (χ1n) is 37.4. The molecule has 6 heterocycles. The lowest BCUT2D eigenvalue weighted by Gasteiger charge is -2.26. The van der Waals surface area contributed by atoms with E-state index in [1.807, 2.05) is 84.9 Å². The van der Waals surface area contributed by atoms with Gasteiger partial charge in [0.1, 0.15) is 11.6 Å². The smallest absolute Gasteiger partial charge is 0.201 e. The van der Waals surface area contributed by atoms with Crippen LogP contribution in [0.25, 0.3) is 157 Å². The van der Waals surface area contributed by atoms with E-state index in [1.165, 1.54) is 0 Å². The van der Waals surface area contributed by atoms with Crippen LogP contribution in [-0.2, 0) is 0 Å². The van der Waals surface area contributed by atoms with Crippen LogP contribution in [0.4, 0.5) is 34.1 Å². The summed E-state index contributed by atoms with van der Waals surface area (Å²) in [6.07, 6.45) is 0. The van der Waals surface area contributed by atoms with Crippen molar-refractivity contribution in [2.45, 2.75) is 0 Å². The van der Waals surface area contributed by atoms with Crippen LogP contribution in [0.1, 0.15) is 0 Å². The summed E-state index contributed by atoms with van der Waals surface area (Å²) in [6, 6.07) is 139. The number of aromatic nitrogens is 10. The van der Waals surface area contributed by atoms with E-state index in [0.717, 1.165) is 139 Å². The Bertz CT molecular complexity index is 6540. The van der Waals surface area contributed by atoms with Crippen molar-refractivity contribution in [2.24, 2.45) is 0 Å². The van der Waals surface area contributed by atoms with Crippen molar-refractivity contribution in [1.82, 2.24) is 49.0 Å². The van der Waals surface area contributed by atoms with Crippen molar-refractivity contribution < 1.29 is 0 Å². The Balaban J connectivity index is 0.734. The monoisotopic (exact) mass is 1430 g/mol. The summed E-state index contributed by atoms with van der Waals surface area (Å²) >= 11 is 0. The molecule has 112 heavy (non-hydrogen) atoms. The molecule has 0 amide bonds. The molecule has 0 radical (unpaired) electrons. The molecule has 6 aromatic heterocycles. The van der Waals surface area contributed by atoms with E-state index in [-0.39, 0.29) is 0 Å². The van der Waals surface area contributed by atoms with Gasteiger partial charge in [-0.3, -0.25) is 9.13 Å². The minimum atomic E-state index is 0.370. The van der Waals surface area contributed by atoms with Gasteiger partial charge in [0.05, 0.1) is 56.2 Å². The number of hydrogen-bond donors (Lipinski definition) is 0. The number of rotatable bonds is 17. The third-order valence-electron chi connectivity index (χ3n) is 20.5. The summed E-state index contributed by atoms with van der Waals surface area (Å²) in [7, 11) is 0. The summed E-state index contributed by atoms with van der Waals surface area (Å²) in [6.45, 7) is 0. The van der Waals surface area contributed by atoms with E-state index >= 15 is 0 Å². The molecule has 0 bridgehead atoms. The standard InChI is InChI=1S/C100H66N12/c1-8-31-67(32-9-1)85-63-86(68-33-10-2-11-34-68)103-99(102-85)100-107-95(111-91-54-25-22-51-81(91)82-52-23-26-55-92(82)111)66-96(108-100)112-93-56-27-24-53-83(93)84-62-71(57-58-94(84)112)70-37-28-38-72(59-70)88-64-87(69-35-12-3-13-36-69)101-97(104-88)98-105-89(73-39-29-49-79(60-73)109(75-41-14-4-15-42-75)76-43-16-5-17-44-76)65-90(106-98)74-40-30-50-80(61-74)110(77-45-18-6-19-46-77)78-47-20-7-21-48-78/h1-66H. The van der Waals surface area contributed by atoms with Gasteiger partial charge in [-0.25, -0.2) is 39.9 Å². The lowest BCUT2D eigenvalue weighted by molar-refractivity contribution is 0.975. The molecule has 0 N–H and O–H groups in total. The highest BCUT2D eigenvalue weighted by Crippen LogP contribution is 2.43. The highest BCUT2D eigenvalue weighted by Gasteiger charge is 2.25. The SMILES string of the molecule is c1ccc(-c2cc(-c3cccc(-c4ccc5c(c4)c4ccccc4n5-c4cc(-n5c6ccccc6c6ccccc65)nc(-c5nc(-c6ccccc6)cc(-c6ccccc6)n5)n4)c3)nc(-c3nc(-c4cccc(N(c5ccccc5)c5ccccc5)c4)cc(-c4cccc(N(c5ccccc5)c5ccccc5)c4)n3)n2)cc1. The Morgan fingerprint density at radius 2 is 0.420 bits per heavy atom. The lowest BCUT2D eigenvalue weighted by Crippen LogP contribution is -2.10. The number of benzene rings is 14. The molecule has 12 heteroatoms. The molecular formula is C100H66N12.